The molecule has 2 rings (SSSR count). The SMILES string of the molecule is CC(C)(CC1CCOc2cc(Cl)ccc21)[S+](N)[O-]. The average molecular weight is 288 g/mol. The molecule has 1 aromatic rings. The maximum Gasteiger partial charge on any atom is 0.140 e. The molecule has 2 unspecified atom stereocenters. The molecular formula is C13H18ClNO2S. The Morgan fingerprint density at radius 1 is 1.56 bits per heavy atom. The van der Waals surface area contributed by atoms with E-state index in [4.69, 9.17) is 21.5 Å². The molecule has 2 N–H and O–H groups in total. The molecule has 0 fully saturated rings. The number of fused-ring (bicyclic) bond motifs is 1. The maximum atomic E-state index is 11.5. The van der Waals surface area contributed by atoms with E-state index in [0.717, 1.165) is 24.2 Å². The summed E-state index contributed by atoms with van der Waals surface area (Å²) in [5, 5.41) is 6.23. The molecule has 1 aromatic carbocycles. The van der Waals surface area contributed by atoms with Gasteiger partial charge in [-0.3, -0.25) is 0 Å². The monoisotopic (exact) mass is 287 g/mol. The Morgan fingerprint density at radius 3 is 2.94 bits per heavy atom. The van der Waals surface area contributed by atoms with Crippen LogP contribution in [0.15, 0.2) is 18.2 Å². The van der Waals surface area contributed by atoms with E-state index < -0.39 is 11.4 Å². The highest BCUT2D eigenvalue weighted by Crippen LogP contribution is 2.40. The summed E-state index contributed by atoms with van der Waals surface area (Å²) >= 11 is 4.63. The van der Waals surface area contributed by atoms with Crippen LogP contribution in [0.3, 0.4) is 0 Å². The van der Waals surface area contributed by atoms with Crippen LogP contribution in [0.25, 0.3) is 0 Å². The Bertz CT molecular complexity index is 437. The second-order valence-electron chi connectivity index (χ2n) is 5.28. The van der Waals surface area contributed by atoms with Crippen molar-refractivity contribution in [1.82, 2.24) is 0 Å². The minimum atomic E-state index is -1.33. The number of benzene rings is 1. The first-order valence-electron chi connectivity index (χ1n) is 5.99. The maximum absolute atomic E-state index is 11.5. The van der Waals surface area contributed by atoms with Gasteiger partial charge in [-0.15, -0.1) is 0 Å². The molecule has 0 aromatic heterocycles. The molecule has 0 spiro atoms. The Morgan fingerprint density at radius 2 is 2.28 bits per heavy atom. The Balaban J connectivity index is 2.23. The highest BCUT2D eigenvalue weighted by atomic mass is 35.5. The Labute approximate surface area is 116 Å². The van der Waals surface area contributed by atoms with Crippen LogP contribution in [0.2, 0.25) is 5.02 Å². The molecule has 0 saturated heterocycles. The number of hydrogen-bond donors (Lipinski definition) is 1. The molecule has 0 amide bonds. The molecule has 5 heteroatoms. The largest absolute Gasteiger partial charge is 0.598 e. The zero-order valence-corrected chi connectivity index (χ0v) is 12.2. The van der Waals surface area contributed by atoms with Gasteiger partial charge in [-0.25, -0.2) is 0 Å². The molecule has 1 aliphatic heterocycles. The summed E-state index contributed by atoms with van der Waals surface area (Å²) in [5.41, 5.74) is 1.14. The lowest BCUT2D eigenvalue weighted by Crippen LogP contribution is -2.39. The first-order valence-corrected chi connectivity index (χ1v) is 7.58. The van der Waals surface area contributed by atoms with E-state index in [9.17, 15) is 4.55 Å². The summed E-state index contributed by atoms with van der Waals surface area (Å²) in [4.78, 5) is 0. The van der Waals surface area contributed by atoms with Gasteiger partial charge in [-0.1, -0.05) is 17.7 Å². The van der Waals surface area contributed by atoms with Crippen LogP contribution in [-0.2, 0) is 11.4 Å². The van der Waals surface area contributed by atoms with E-state index in [-0.39, 0.29) is 4.75 Å². The molecule has 3 nitrogen and oxygen atoms in total. The molecule has 1 heterocycles. The fourth-order valence-electron chi connectivity index (χ4n) is 2.32. The lowest BCUT2D eigenvalue weighted by atomic mass is 9.86. The van der Waals surface area contributed by atoms with Crippen molar-refractivity contribution in [3.05, 3.63) is 28.8 Å². The molecular weight excluding hydrogens is 270 g/mol. The third kappa shape index (κ3) is 2.94. The second-order valence-corrected chi connectivity index (χ2v) is 7.41. The summed E-state index contributed by atoms with van der Waals surface area (Å²) in [6.45, 7) is 4.55. The van der Waals surface area contributed by atoms with Crippen molar-refractivity contribution in [2.75, 3.05) is 6.61 Å². The van der Waals surface area contributed by atoms with E-state index in [1.165, 1.54) is 0 Å². The van der Waals surface area contributed by atoms with Gasteiger partial charge in [-0.2, -0.15) is 5.14 Å². The first kappa shape index (κ1) is 14.0. The lowest BCUT2D eigenvalue weighted by molar-refractivity contribution is 0.257. The molecule has 1 aliphatic rings. The van der Waals surface area contributed by atoms with Crippen molar-refractivity contribution in [2.45, 2.75) is 37.4 Å². The molecule has 0 radical (unpaired) electrons. The first-order chi connectivity index (χ1) is 8.40. The molecule has 100 valence electrons. The predicted octanol–water partition coefficient (Wildman–Crippen LogP) is 3.00. The number of ether oxygens (including phenoxy) is 1. The summed E-state index contributed by atoms with van der Waals surface area (Å²) < 4.78 is 16.8. The van der Waals surface area contributed by atoms with Gasteiger partial charge in [0.25, 0.3) is 0 Å². The molecule has 0 aliphatic carbocycles. The summed E-state index contributed by atoms with van der Waals surface area (Å²) in [6.07, 6.45) is 1.71. The fraction of sp³-hybridized carbons (Fsp3) is 0.538. The lowest BCUT2D eigenvalue weighted by Gasteiger charge is -2.32. The topological polar surface area (TPSA) is 58.3 Å². The number of rotatable bonds is 3. The van der Waals surface area contributed by atoms with Crippen molar-refractivity contribution in [3.63, 3.8) is 0 Å². The summed E-state index contributed by atoms with van der Waals surface area (Å²) in [7, 11) is 0. The van der Waals surface area contributed by atoms with E-state index in [1.807, 2.05) is 32.0 Å². The van der Waals surface area contributed by atoms with Crippen molar-refractivity contribution < 1.29 is 9.29 Å². The number of halogens is 1. The standard InChI is InChI=1S/C13H18ClNO2S/c1-13(2,18(15)16)8-9-5-6-17-12-7-10(14)3-4-11(9)12/h3-4,7,9H,5-6,8,15H2,1-2H3. The van der Waals surface area contributed by atoms with Crippen LogP contribution in [0, 0.1) is 0 Å². The van der Waals surface area contributed by atoms with Gasteiger partial charge in [0.2, 0.25) is 0 Å². The van der Waals surface area contributed by atoms with Crippen molar-refractivity contribution >= 4 is 23.0 Å². The highest BCUT2D eigenvalue weighted by Gasteiger charge is 2.35. The molecule has 2 atom stereocenters. The average Bonchev–Trinajstić information content (AvgIpc) is 2.28. The zero-order chi connectivity index (χ0) is 13.3. The third-order valence-electron chi connectivity index (χ3n) is 3.42. The van der Waals surface area contributed by atoms with Crippen LogP contribution in [-0.4, -0.2) is 15.9 Å². The smallest absolute Gasteiger partial charge is 0.140 e. The van der Waals surface area contributed by atoms with E-state index in [1.54, 1.807) is 0 Å². The summed E-state index contributed by atoms with van der Waals surface area (Å²) in [5.74, 6) is 1.17. The van der Waals surface area contributed by atoms with Gasteiger partial charge >= 0.3 is 0 Å². The van der Waals surface area contributed by atoms with Crippen molar-refractivity contribution in [3.8, 4) is 5.75 Å². The van der Waals surface area contributed by atoms with Crippen LogP contribution in [0.1, 0.15) is 38.2 Å². The minimum Gasteiger partial charge on any atom is -0.598 e. The van der Waals surface area contributed by atoms with Gasteiger partial charge in [-0.05, 0) is 43.9 Å². The van der Waals surface area contributed by atoms with Gasteiger partial charge < -0.3 is 9.29 Å². The predicted molar refractivity (Wildman–Crippen MR) is 75.3 cm³/mol. The van der Waals surface area contributed by atoms with Crippen LogP contribution in [0.4, 0.5) is 0 Å². The van der Waals surface area contributed by atoms with E-state index >= 15 is 0 Å². The summed E-state index contributed by atoms with van der Waals surface area (Å²) in [6, 6.07) is 5.71. The fourth-order valence-corrected chi connectivity index (χ4v) is 2.85. The van der Waals surface area contributed by atoms with Gasteiger partial charge in [0.05, 0.1) is 6.61 Å². The Hall–Kier alpha value is -0.420. The van der Waals surface area contributed by atoms with Gasteiger partial charge in [0.15, 0.2) is 0 Å². The second kappa shape index (κ2) is 5.29. The van der Waals surface area contributed by atoms with Gasteiger partial charge in [0.1, 0.15) is 10.5 Å². The van der Waals surface area contributed by atoms with Crippen molar-refractivity contribution in [2.24, 2.45) is 5.14 Å². The molecule has 0 bridgehead atoms. The van der Waals surface area contributed by atoms with Crippen LogP contribution >= 0.6 is 11.6 Å². The zero-order valence-electron chi connectivity index (χ0n) is 10.6. The highest BCUT2D eigenvalue weighted by molar-refractivity contribution is 7.90. The molecule has 0 saturated carbocycles. The minimum absolute atomic E-state index is 0.327. The number of hydrogen-bond acceptors (Lipinski definition) is 3. The van der Waals surface area contributed by atoms with E-state index in [0.29, 0.717) is 17.5 Å². The van der Waals surface area contributed by atoms with Crippen molar-refractivity contribution in [1.29, 1.82) is 0 Å². The Kier molecular flexibility index (Phi) is 4.11. The van der Waals surface area contributed by atoms with Crippen LogP contribution < -0.4 is 9.88 Å². The van der Waals surface area contributed by atoms with Crippen LogP contribution in [0.5, 0.6) is 5.75 Å². The normalized spacial score (nSPS) is 21.1. The number of nitrogens with two attached hydrogens (primary N) is 1. The third-order valence-corrected chi connectivity index (χ3v) is 4.91. The molecule has 18 heavy (non-hydrogen) atoms. The quantitative estimate of drug-likeness (QED) is 0.870. The van der Waals surface area contributed by atoms with Gasteiger partial charge in [0, 0.05) is 22.8 Å². The van der Waals surface area contributed by atoms with E-state index in [2.05, 4.69) is 0 Å².